The molecule has 13 heavy (non-hydrogen) atoms. The molecule has 0 aromatic heterocycles. The fourth-order valence-electron chi connectivity index (χ4n) is 0.819. The third kappa shape index (κ3) is 6.02. The molecule has 0 aromatic rings. The van der Waals surface area contributed by atoms with E-state index in [0.717, 1.165) is 0 Å². The van der Waals surface area contributed by atoms with Crippen LogP contribution in [0.1, 0.15) is 41.5 Å². The standard InChI is InChI=1S/C10H23NO2/c1-9(2,3)7-12-8(13-11)10(4,5)6/h8H,7,11H2,1-6H3. The van der Waals surface area contributed by atoms with Gasteiger partial charge in [-0.05, 0) is 5.41 Å². The Morgan fingerprint density at radius 3 is 1.77 bits per heavy atom. The van der Waals surface area contributed by atoms with E-state index in [-0.39, 0.29) is 17.1 Å². The van der Waals surface area contributed by atoms with E-state index in [1.807, 2.05) is 20.8 Å². The Morgan fingerprint density at radius 2 is 1.54 bits per heavy atom. The van der Waals surface area contributed by atoms with Crippen LogP contribution in [0.25, 0.3) is 0 Å². The summed E-state index contributed by atoms with van der Waals surface area (Å²) < 4.78 is 5.57. The minimum atomic E-state index is -0.341. The van der Waals surface area contributed by atoms with Crippen molar-refractivity contribution in [1.82, 2.24) is 0 Å². The van der Waals surface area contributed by atoms with Gasteiger partial charge in [-0.25, -0.2) is 5.90 Å². The summed E-state index contributed by atoms with van der Waals surface area (Å²) in [4.78, 5) is 4.79. The molecule has 0 saturated heterocycles. The first-order valence-electron chi connectivity index (χ1n) is 4.64. The Hall–Kier alpha value is -0.120. The van der Waals surface area contributed by atoms with Crippen molar-refractivity contribution in [1.29, 1.82) is 0 Å². The highest BCUT2D eigenvalue weighted by Gasteiger charge is 2.27. The SMILES string of the molecule is CC(C)(C)COC(ON)C(C)(C)C. The Bertz CT molecular complexity index is 144. The zero-order valence-corrected chi connectivity index (χ0v) is 9.68. The van der Waals surface area contributed by atoms with E-state index in [2.05, 4.69) is 20.8 Å². The zero-order valence-electron chi connectivity index (χ0n) is 9.68. The molecule has 0 rings (SSSR count). The maximum atomic E-state index is 5.57. The van der Waals surface area contributed by atoms with Crippen molar-refractivity contribution in [3.63, 3.8) is 0 Å². The molecular formula is C10H23NO2. The molecule has 0 aromatic carbocycles. The van der Waals surface area contributed by atoms with Gasteiger partial charge in [-0.1, -0.05) is 41.5 Å². The molecule has 3 heteroatoms. The van der Waals surface area contributed by atoms with Crippen molar-refractivity contribution in [3.05, 3.63) is 0 Å². The molecule has 0 fully saturated rings. The highest BCUT2D eigenvalue weighted by atomic mass is 16.8. The fourth-order valence-corrected chi connectivity index (χ4v) is 0.819. The van der Waals surface area contributed by atoms with Crippen LogP contribution in [0.4, 0.5) is 0 Å². The third-order valence-electron chi connectivity index (χ3n) is 1.50. The summed E-state index contributed by atoms with van der Waals surface area (Å²) in [6.07, 6.45) is -0.341. The summed E-state index contributed by atoms with van der Waals surface area (Å²) >= 11 is 0. The first-order chi connectivity index (χ1) is 5.67. The Kier molecular flexibility index (Phi) is 4.36. The molecule has 0 aliphatic rings. The van der Waals surface area contributed by atoms with Crippen molar-refractivity contribution >= 4 is 0 Å². The van der Waals surface area contributed by atoms with Crippen molar-refractivity contribution in [3.8, 4) is 0 Å². The summed E-state index contributed by atoms with van der Waals surface area (Å²) in [7, 11) is 0. The van der Waals surface area contributed by atoms with Gasteiger partial charge < -0.3 is 4.74 Å². The molecule has 0 bridgehead atoms. The maximum Gasteiger partial charge on any atom is 0.181 e. The summed E-state index contributed by atoms with van der Waals surface area (Å²) in [6, 6.07) is 0. The molecule has 0 spiro atoms. The van der Waals surface area contributed by atoms with Crippen LogP contribution in [0.15, 0.2) is 0 Å². The molecule has 1 atom stereocenters. The van der Waals surface area contributed by atoms with E-state index >= 15 is 0 Å². The van der Waals surface area contributed by atoms with Crippen molar-refractivity contribution in [2.24, 2.45) is 16.7 Å². The summed E-state index contributed by atoms with van der Waals surface area (Å²) in [6.45, 7) is 13.1. The van der Waals surface area contributed by atoms with Crippen LogP contribution in [0, 0.1) is 10.8 Å². The van der Waals surface area contributed by atoms with Gasteiger partial charge in [0.1, 0.15) is 0 Å². The van der Waals surface area contributed by atoms with E-state index in [9.17, 15) is 0 Å². The first-order valence-corrected chi connectivity index (χ1v) is 4.64. The molecule has 0 aliphatic heterocycles. The van der Waals surface area contributed by atoms with Gasteiger partial charge >= 0.3 is 0 Å². The van der Waals surface area contributed by atoms with Gasteiger partial charge in [-0.15, -0.1) is 0 Å². The van der Waals surface area contributed by atoms with Gasteiger partial charge in [0.05, 0.1) is 6.61 Å². The summed E-state index contributed by atoms with van der Waals surface area (Å²) in [5.41, 5.74) is 0.0576. The fraction of sp³-hybridized carbons (Fsp3) is 1.00. The highest BCUT2D eigenvalue weighted by Crippen LogP contribution is 2.24. The Balaban J connectivity index is 4.02. The normalized spacial score (nSPS) is 15.9. The van der Waals surface area contributed by atoms with E-state index in [1.54, 1.807) is 0 Å². The summed E-state index contributed by atoms with van der Waals surface area (Å²) in [5.74, 6) is 5.16. The van der Waals surface area contributed by atoms with Crippen LogP contribution >= 0.6 is 0 Å². The van der Waals surface area contributed by atoms with Gasteiger partial charge in [0.15, 0.2) is 6.29 Å². The average molecular weight is 189 g/mol. The van der Waals surface area contributed by atoms with Crippen LogP contribution in [0.3, 0.4) is 0 Å². The zero-order chi connectivity index (χ0) is 10.7. The second-order valence-electron chi connectivity index (χ2n) is 5.71. The van der Waals surface area contributed by atoms with Gasteiger partial charge in [-0.3, -0.25) is 4.84 Å². The van der Waals surface area contributed by atoms with Gasteiger partial charge in [0, 0.05) is 5.41 Å². The lowest BCUT2D eigenvalue weighted by atomic mass is 9.95. The van der Waals surface area contributed by atoms with Crippen LogP contribution in [0.2, 0.25) is 0 Å². The molecule has 0 saturated carbocycles. The summed E-state index contributed by atoms with van der Waals surface area (Å²) in [5, 5.41) is 0. The van der Waals surface area contributed by atoms with Crippen molar-refractivity contribution in [2.75, 3.05) is 6.61 Å². The van der Waals surface area contributed by atoms with Crippen molar-refractivity contribution in [2.45, 2.75) is 47.8 Å². The lowest BCUT2D eigenvalue weighted by Crippen LogP contribution is -2.36. The van der Waals surface area contributed by atoms with E-state index in [1.165, 1.54) is 0 Å². The number of ether oxygens (including phenoxy) is 1. The van der Waals surface area contributed by atoms with Gasteiger partial charge in [0.25, 0.3) is 0 Å². The minimum absolute atomic E-state index is 0.0833. The lowest BCUT2D eigenvalue weighted by Gasteiger charge is -2.31. The monoisotopic (exact) mass is 189 g/mol. The molecule has 1 unspecified atom stereocenters. The second kappa shape index (κ2) is 4.40. The smallest absolute Gasteiger partial charge is 0.181 e. The number of rotatable bonds is 3. The largest absolute Gasteiger partial charge is 0.350 e. The second-order valence-corrected chi connectivity index (χ2v) is 5.71. The molecule has 80 valence electrons. The molecule has 0 radical (unpaired) electrons. The topological polar surface area (TPSA) is 44.5 Å². The van der Waals surface area contributed by atoms with Crippen molar-refractivity contribution < 1.29 is 9.57 Å². The minimum Gasteiger partial charge on any atom is -0.350 e. The lowest BCUT2D eigenvalue weighted by molar-refractivity contribution is -0.207. The maximum absolute atomic E-state index is 5.57. The van der Waals surface area contributed by atoms with Crippen LogP contribution in [-0.4, -0.2) is 12.9 Å². The molecule has 2 N–H and O–H groups in total. The predicted molar refractivity (Wildman–Crippen MR) is 53.9 cm³/mol. The molecule has 0 aliphatic carbocycles. The Labute approximate surface area is 81.5 Å². The van der Waals surface area contributed by atoms with E-state index < -0.39 is 0 Å². The quantitative estimate of drug-likeness (QED) is 0.547. The number of nitrogens with two attached hydrogens (primary N) is 1. The molecule has 3 nitrogen and oxygen atoms in total. The Morgan fingerprint density at radius 1 is 1.08 bits per heavy atom. The highest BCUT2D eigenvalue weighted by molar-refractivity contribution is 4.68. The molecular weight excluding hydrogens is 166 g/mol. The van der Waals surface area contributed by atoms with Gasteiger partial charge in [0.2, 0.25) is 0 Å². The number of hydrogen-bond donors (Lipinski definition) is 1. The van der Waals surface area contributed by atoms with E-state index in [4.69, 9.17) is 15.5 Å². The van der Waals surface area contributed by atoms with Gasteiger partial charge in [-0.2, -0.15) is 0 Å². The van der Waals surface area contributed by atoms with Crippen LogP contribution in [-0.2, 0) is 9.57 Å². The van der Waals surface area contributed by atoms with E-state index in [0.29, 0.717) is 6.61 Å². The molecule has 0 heterocycles. The first kappa shape index (κ1) is 12.9. The van der Waals surface area contributed by atoms with Crippen LogP contribution in [0.5, 0.6) is 0 Å². The average Bonchev–Trinajstić information content (AvgIpc) is 1.82. The third-order valence-corrected chi connectivity index (χ3v) is 1.50. The molecule has 0 amide bonds. The number of hydrogen-bond acceptors (Lipinski definition) is 3. The predicted octanol–water partition coefficient (Wildman–Crippen LogP) is 2.31. The van der Waals surface area contributed by atoms with Crippen LogP contribution < -0.4 is 5.90 Å².